The molecule has 1 heterocycles. The number of nitrogens with two attached hydrogens (primary N) is 3. The maximum absolute atomic E-state index is 5.85. The first-order chi connectivity index (χ1) is 12.0. The fourth-order valence-electron chi connectivity index (χ4n) is 2.41. The average molecular weight is 338 g/mol. The number of aromatic nitrogens is 1. The van der Waals surface area contributed by atoms with Gasteiger partial charge < -0.3 is 26.4 Å². The molecule has 0 radical (unpaired) electrons. The Kier molecular flexibility index (Phi) is 4.25. The van der Waals surface area contributed by atoms with Crippen LogP contribution in [0.1, 0.15) is 5.56 Å². The van der Waals surface area contributed by atoms with Crippen molar-refractivity contribution >= 4 is 28.7 Å². The first-order valence-corrected chi connectivity index (χ1v) is 7.46. The number of hydrogen-bond donors (Lipinski definition) is 3. The van der Waals surface area contributed by atoms with Gasteiger partial charge in [0.15, 0.2) is 11.5 Å². The number of fused-ring (bicyclic) bond motifs is 1. The molecular formula is C17H18N6O2. The minimum atomic E-state index is -0.150. The van der Waals surface area contributed by atoms with Gasteiger partial charge in [-0.15, -0.1) is 0 Å². The van der Waals surface area contributed by atoms with Crippen LogP contribution in [0.3, 0.4) is 0 Å². The van der Waals surface area contributed by atoms with Gasteiger partial charge in [-0.25, -0.2) is 9.98 Å². The molecule has 0 fully saturated rings. The highest BCUT2D eigenvalue weighted by Gasteiger charge is 2.13. The minimum absolute atomic E-state index is 0.0254. The van der Waals surface area contributed by atoms with Crippen LogP contribution in [0.5, 0.6) is 5.75 Å². The number of ether oxygens (including phenoxy) is 1. The molecule has 0 aliphatic heterocycles. The Labute approximate surface area is 144 Å². The van der Waals surface area contributed by atoms with Crippen molar-refractivity contribution in [1.82, 2.24) is 4.98 Å². The summed E-state index contributed by atoms with van der Waals surface area (Å²) in [6, 6.07) is 11.0. The number of guanidine groups is 2. The van der Waals surface area contributed by atoms with Gasteiger partial charge in [-0.1, -0.05) is 6.07 Å². The van der Waals surface area contributed by atoms with Gasteiger partial charge in [-0.3, -0.25) is 0 Å². The smallest absolute Gasteiger partial charge is 0.227 e. The van der Waals surface area contributed by atoms with E-state index in [0.717, 1.165) is 11.1 Å². The number of benzene rings is 2. The quantitative estimate of drug-likeness (QED) is 0.493. The van der Waals surface area contributed by atoms with Crippen molar-refractivity contribution in [3.05, 3.63) is 42.0 Å². The van der Waals surface area contributed by atoms with E-state index in [4.69, 9.17) is 26.4 Å². The third kappa shape index (κ3) is 3.37. The van der Waals surface area contributed by atoms with E-state index in [-0.39, 0.29) is 11.9 Å². The molecule has 0 aliphatic carbocycles. The molecule has 8 nitrogen and oxygen atoms in total. The predicted octanol–water partition coefficient (Wildman–Crippen LogP) is 2.03. The molecule has 0 bridgehead atoms. The van der Waals surface area contributed by atoms with Crippen molar-refractivity contribution in [2.45, 2.75) is 6.92 Å². The summed E-state index contributed by atoms with van der Waals surface area (Å²) in [6.07, 6.45) is 0. The molecular weight excluding hydrogens is 320 g/mol. The van der Waals surface area contributed by atoms with Crippen molar-refractivity contribution in [3.63, 3.8) is 0 Å². The molecule has 1 aromatic heterocycles. The standard InChI is InChI=1S/C17H18N6O2/c1-9-11(4-3-5-12(9)22-17(20)23-16(18)19)15-21-13-8-10(24-2)6-7-14(13)25-15/h3-8H,1-2H3,(H6,18,19,20,22,23). The van der Waals surface area contributed by atoms with Crippen molar-refractivity contribution in [1.29, 1.82) is 0 Å². The maximum atomic E-state index is 5.85. The number of oxazole rings is 1. The van der Waals surface area contributed by atoms with E-state index in [9.17, 15) is 0 Å². The number of methoxy groups -OCH3 is 1. The maximum Gasteiger partial charge on any atom is 0.227 e. The molecule has 128 valence electrons. The summed E-state index contributed by atoms with van der Waals surface area (Å²) < 4.78 is 11.1. The summed E-state index contributed by atoms with van der Waals surface area (Å²) in [5.41, 5.74) is 20.0. The number of aliphatic imine (C=N–C) groups is 2. The average Bonchev–Trinajstić information content (AvgIpc) is 2.98. The molecule has 6 N–H and O–H groups in total. The fraction of sp³-hybridized carbons (Fsp3) is 0.118. The zero-order valence-electron chi connectivity index (χ0n) is 13.9. The highest BCUT2D eigenvalue weighted by Crippen LogP contribution is 2.32. The Balaban J connectivity index is 2.06. The Bertz CT molecular complexity index is 986. The topological polar surface area (TPSA) is 138 Å². The Hall–Kier alpha value is -3.55. The van der Waals surface area contributed by atoms with Gasteiger partial charge in [0, 0.05) is 11.6 Å². The van der Waals surface area contributed by atoms with Gasteiger partial charge in [-0.05, 0) is 36.8 Å². The number of rotatable bonds is 3. The van der Waals surface area contributed by atoms with Crippen LogP contribution in [0, 0.1) is 6.92 Å². The third-order valence-corrected chi connectivity index (χ3v) is 3.61. The molecule has 0 saturated heterocycles. The van der Waals surface area contributed by atoms with Crippen LogP contribution in [0.2, 0.25) is 0 Å². The molecule has 0 unspecified atom stereocenters. The molecule has 8 heteroatoms. The van der Waals surface area contributed by atoms with Crippen LogP contribution in [-0.2, 0) is 0 Å². The summed E-state index contributed by atoms with van der Waals surface area (Å²) in [5.74, 6) is 1.02. The van der Waals surface area contributed by atoms with Gasteiger partial charge in [0.2, 0.25) is 11.9 Å². The molecule has 0 amide bonds. The van der Waals surface area contributed by atoms with Gasteiger partial charge in [0.25, 0.3) is 0 Å². The molecule has 25 heavy (non-hydrogen) atoms. The minimum Gasteiger partial charge on any atom is -0.497 e. The Morgan fingerprint density at radius 2 is 1.96 bits per heavy atom. The summed E-state index contributed by atoms with van der Waals surface area (Å²) in [7, 11) is 1.61. The largest absolute Gasteiger partial charge is 0.497 e. The van der Waals surface area contributed by atoms with E-state index >= 15 is 0 Å². The lowest BCUT2D eigenvalue weighted by Crippen LogP contribution is -2.26. The zero-order valence-corrected chi connectivity index (χ0v) is 13.9. The Morgan fingerprint density at radius 1 is 1.16 bits per heavy atom. The molecule has 2 aromatic carbocycles. The highest BCUT2D eigenvalue weighted by atomic mass is 16.5. The normalized spacial score (nSPS) is 11.5. The number of nitrogens with zero attached hydrogens (tertiary/aromatic N) is 3. The van der Waals surface area contributed by atoms with Crippen LogP contribution in [0.4, 0.5) is 5.69 Å². The van der Waals surface area contributed by atoms with E-state index in [0.29, 0.717) is 28.4 Å². The van der Waals surface area contributed by atoms with Gasteiger partial charge in [-0.2, -0.15) is 4.99 Å². The molecule has 0 aliphatic rings. The summed E-state index contributed by atoms with van der Waals surface area (Å²) >= 11 is 0. The lowest BCUT2D eigenvalue weighted by Gasteiger charge is -2.05. The monoisotopic (exact) mass is 338 g/mol. The predicted molar refractivity (Wildman–Crippen MR) is 97.8 cm³/mol. The van der Waals surface area contributed by atoms with Crippen molar-refractivity contribution < 1.29 is 9.15 Å². The molecule has 0 saturated carbocycles. The van der Waals surface area contributed by atoms with Crippen LogP contribution in [-0.4, -0.2) is 24.0 Å². The molecule has 0 atom stereocenters. The highest BCUT2D eigenvalue weighted by molar-refractivity contribution is 5.94. The third-order valence-electron chi connectivity index (χ3n) is 3.61. The second kappa shape index (κ2) is 6.52. The second-order valence-electron chi connectivity index (χ2n) is 5.31. The lowest BCUT2D eigenvalue weighted by atomic mass is 10.1. The van der Waals surface area contributed by atoms with Gasteiger partial charge in [0.1, 0.15) is 11.3 Å². The van der Waals surface area contributed by atoms with E-state index in [1.54, 1.807) is 13.2 Å². The van der Waals surface area contributed by atoms with Crippen molar-refractivity contribution in [2.75, 3.05) is 7.11 Å². The SMILES string of the molecule is COc1ccc2oc(-c3cccc(N=C(N)N=C(N)N)c3C)nc2c1. The van der Waals surface area contributed by atoms with Crippen LogP contribution in [0.25, 0.3) is 22.6 Å². The van der Waals surface area contributed by atoms with Crippen molar-refractivity contribution in [3.8, 4) is 17.2 Å². The van der Waals surface area contributed by atoms with Crippen LogP contribution >= 0.6 is 0 Å². The van der Waals surface area contributed by atoms with Crippen LogP contribution < -0.4 is 21.9 Å². The van der Waals surface area contributed by atoms with Gasteiger partial charge in [0.05, 0.1) is 12.8 Å². The van der Waals surface area contributed by atoms with E-state index in [1.807, 2.05) is 37.3 Å². The Morgan fingerprint density at radius 3 is 2.68 bits per heavy atom. The van der Waals surface area contributed by atoms with Crippen LogP contribution in [0.15, 0.2) is 50.8 Å². The molecule has 0 spiro atoms. The second-order valence-corrected chi connectivity index (χ2v) is 5.31. The van der Waals surface area contributed by atoms with E-state index in [2.05, 4.69) is 15.0 Å². The first-order valence-electron chi connectivity index (χ1n) is 7.46. The summed E-state index contributed by atoms with van der Waals surface area (Å²) in [6.45, 7) is 1.90. The fourth-order valence-corrected chi connectivity index (χ4v) is 2.41. The van der Waals surface area contributed by atoms with Crippen molar-refractivity contribution in [2.24, 2.45) is 27.2 Å². The zero-order chi connectivity index (χ0) is 18.0. The van der Waals surface area contributed by atoms with E-state index < -0.39 is 0 Å². The first kappa shape index (κ1) is 16.3. The summed E-state index contributed by atoms with van der Waals surface area (Å²) in [5, 5.41) is 0. The van der Waals surface area contributed by atoms with E-state index in [1.165, 1.54) is 0 Å². The number of hydrogen-bond acceptors (Lipinski definition) is 4. The summed E-state index contributed by atoms with van der Waals surface area (Å²) in [4.78, 5) is 12.5. The molecule has 3 rings (SSSR count). The molecule has 3 aromatic rings. The van der Waals surface area contributed by atoms with Gasteiger partial charge >= 0.3 is 0 Å². The lowest BCUT2D eigenvalue weighted by molar-refractivity contribution is 0.415.